The molecule has 1 aliphatic heterocycles. The Morgan fingerprint density at radius 2 is 1.48 bits per heavy atom. The molecule has 2 unspecified atom stereocenters. The number of nitrogens with zero attached hydrogens (tertiary/aromatic N) is 1. The van der Waals surface area contributed by atoms with Gasteiger partial charge in [0.25, 0.3) is 0 Å². The van der Waals surface area contributed by atoms with Crippen LogP contribution < -0.4 is 0 Å². The van der Waals surface area contributed by atoms with Gasteiger partial charge in [0.1, 0.15) is 6.10 Å². The van der Waals surface area contributed by atoms with Crippen molar-refractivity contribution in [1.29, 1.82) is 5.41 Å². The third-order valence-electron chi connectivity index (χ3n) is 6.48. The average Bonchev–Trinajstić information content (AvgIpc) is 2.80. The molecular formula is C26H34Cl2N2O. The largest absolute Gasteiger partial charge is 0.375 e. The lowest BCUT2D eigenvalue weighted by molar-refractivity contribution is 0.00997. The molecule has 0 aliphatic carbocycles. The molecule has 0 saturated carbocycles. The van der Waals surface area contributed by atoms with E-state index in [0.717, 1.165) is 45.2 Å². The number of nitrogens with one attached hydrogen (secondary N) is 1. The Bertz CT molecular complexity index is 758. The highest BCUT2D eigenvalue weighted by Crippen LogP contribution is 2.37. The summed E-state index contributed by atoms with van der Waals surface area (Å²) < 4.78 is 5.98. The molecule has 0 spiro atoms. The fourth-order valence-corrected chi connectivity index (χ4v) is 5.29. The van der Waals surface area contributed by atoms with Crippen LogP contribution in [0.25, 0.3) is 0 Å². The van der Waals surface area contributed by atoms with E-state index < -0.39 is 5.54 Å². The summed E-state index contributed by atoms with van der Waals surface area (Å²) in [7, 11) is 1.75. The van der Waals surface area contributed by atoms with Crippen LogP contribution in [0.2, 0.25) is 0 Å². The monoisotopic (exact) mass is 460 g/mol. The predicted molar refractivity (Wildman–Crippen MR) is 132 cm³/mol. The van der Waals surface area contributed by atoms with Crippen LogP contribution in [0.15, 0.2) is 60.7 Å². The van der Waals surface area contributed by atoms with Crippen molar-refractivity contribution in [3.8, 4) is 0 Å². The maximum absolute atomic E-state index is 9.45. The number of piperidine rings is 1. The van der Waals surface area contributed by atoms with Crippen LogP contribution in [0.3, 0.4) is 0 Å². The van der Waals surface area contributed by atoms with E-state index in [9.17, 15) is 5.41 Å². The molecular weight excluding hydrogens is 427 g/mol. The van der Waals surface area contributed by atoms with Crippen LogP contribution in [0, 0.1) is 11.3 Å². The third-order valence-corrected chi connectivity index (χ3v) is 7.01. The van der Waals surface area contributed by atoms with Crippen molar-refractivity contribution in [2.24, 2.45) is 5.92 Å². The van der Waals surface area contributed by atoms with Gasteiger partial charge in [0, 0.05) is 37.9 Å². The summed E-state index contributed by atoms with van der Waals surface area (Å²) in [6.07, 6.45) is 4.18. The number of rotatable bonds is 11. The lowest BCUT2D eigenvalue weighted by Crippen LogP contribution is -2.67. The van der Waals surface area contributed by atoms with E-state index in [1.165, 1.54) is 11.1 Å². The summed E-state index contributed by atoms with van der Waals surface area (Å²) in [5.74, 6) is 1.53. The Labute approximate surface area is 197 Å². The van der Waals surface area contributed by atoms with Gasteiger partial charge < -0.3 is 10.1 Å². The van der Waals surface area contributed by atoms with Crippen molar-refractivity contribution in [3.05, 3.63) is 71.8 Å². The Kier molecular flexibility index (Phi) is 9.40. The first-order valence-electron chi connectivity index (χ1n) is 11.2. The number of ether oxygens (including phenoxy) is 1. The molecule has 0 radical (unpaired) electrons. The van der Waals surface area contributed by atoms with E-state index in [2.05, 4.69) is 53.4 Å². The van der Waals surface area contributed by atoms with Gasteiger partial charge in [-0.05, 0) is 43.2 Å². The van der Waals surface area contributed by atoms with E-state index in [1.54, 1.807) is 7.11 Å². The zero-order valence-electron chi connectivity index (χ0n) is 18.4. The zero-order valence-corrected chi connectivity index (χ0v) is 19.9. The van der Waals surface area contributed by atoms with Gasteiger partial charge in [0.05, 0.1) is 11.3 Å². The number of hydrogen-bond donors (Lipinski definition) is 1. The number of methoxy groups -OCH3 is 1. The SMILES string of the molecule is COC1C(=N)C(Cc2ccccc2)(Cc2ccccc2)N(CCCCl)CC1CCCCl. The predicted octanol–water partition coefficient (Wildman–Crippen LogP) is 5.83. The molecule has 2 aromatic carbocycles. The highest BCUT2D eigenvalue weighted by atomic mass is 35.5. The van der Waals surface area contributed by atoms with Crippen LogP contribution >= 0.6 is 23.2 Å². The lowest BCUT2D eigenvalue weighted by atomic mass is 9.70. The van der Waals surface area contributed by atoms with Gasteiger partial charge in [0.15, 0.2) is 0 Å². The van der Waals surface area contributed by atoms with E-state index >= 15 is 0 Å². The Balaban J connectivity index is 2.04. The van der Waals surface area contributed by atoms with Crippen molar-refractivity contribution >= 4 is 28.9 Å². The normalized spacial score (nSPS) is 21.3. The first-order chi connectivity index (χ1) is 15.1. The molecule has 2 aromatic rings. The quantitative estimate of drug-likeness (QED) is 0.428. The molecule has 3 nitrogen and oxygen atoms in total. The van der Waals surface area contributed by atoms with E-state index in [0.29, 0.717) is 17.5 Å². The van der Waals surface area contributed by atoms with Crippen molar-refractivity contribution in [2.75, 3.05) is 32.0 Å². The minimum absolute atomic E-state index is 0.192. The second-order valence-corrected chi connectivity index (χ2v) is 9.26. The number of hydrogen-bond acceptors (Lipinski definition) is 3. The zero-order chi connectivity index (χ0) is 22.1. The van der Waals surface area contributed by atoms with Crippen LogP contribution in [0.5, 0.6) is 0 Å². The molecule has 1 heterocycles. The summed E-state index contributed by atoms with van der Waals surface area (Å²) in [5, 5.41) is 9.45. The summed E-state index contributed by atoms with van der Waals surface area (Å²) in [6.45, 7) is 1.77. The van der Waals surface area contributed by atoms with Gasteiger partial charge in [-0.15, -0.1) is 23.2 Å². The standard InChI is InChI=1S/C26H34Cl2N2O/c1-31-24-23(14-8-15-27)20-30(17-9-16-28)26(25(24)29,18-21-10-4-2-5-11-21)19-22-12-6-3-7-13-22/h2-7,10-13,23-24,29H,8-9,14-20H2,1H3. The topological polar surface area (TPSA) is 36.3 Å². The summed E-state index contributed by atoms with van der Waals surface area (Å²) >= 11 is 12.1. The molecule has 1 fully saturated rings. The maximum Gasteiger partial charge on any atom is 0.100 e. The first kappa shape index (κ1) is 24.3. The molecule has 0 amide bonds. The van der Waals surface area contributed by atoms with Gasteiger partial charge in [-0.25, -0.2) is 0 Å². The van der Waals surface area contributed by atoms with Gasteiger partial charge in [-0.3, -0.25) is 4.90 Å². The van der Waals surface area contributed by atoms with Gasteiger partial charge in [0.2, 0.25) is 0 Å². The third kappa shape index (κ3) is 5.90. The number of likely N-dealkylation sites (tertiary alicyclic amines) is 1. The molecule has 31 heavy (non-hydrogen) atoms. The average molecular weight is 461 g/mol. The number of alkyl halides is 2. The molecule has 1 N–H and O–H groups in total. The maximum atomic E-state index is 9.45. The van der Waals surface area contributed by atoms with Crippen molar-refractivity contribution in [2.45, 2.75) is 43.7 Å². The van der Waals surface area contributed by atoms with Crippen molar-refractivity contribution in [3.63, 3.8) is 0 Å². The van der Waals surface area contributed by atoms with Gasteiger partial charge in [-0.1, -0.05) is 60.7 Å². The first-order valence-corrected chi connectivity index (χ1v) is 12.3. The Hall–Kier alpha value is -1.39. The highest BCUT2D eigenvalue weighted by Gasteiger charge is 2.50. The molecule has 1 saturated heterocycles. The smallest absolute Gasteiger partial charge is 0.100 e. The fraction of sp³-hybridized carbons (Fsp3) is 0.500. The summed E-state index contributed by atoms with van der Waals surface area (Å²) in [4.78, 5) is 2.52. The van der Waals surface area contributed by atoms with Gasteiger partial charge in [-0.2, -0.15) is 0 Å². The van der Waals surface area contributed by atoms with Crippen molar-refractivity contribution < 1.29 is 4.74 Å². The van der Waals surface area contributed by atoms with Crippen LogP contribution in [-0.4, -0.2) is 54.2 Å². The summed E-state index contributed by atoms with van der Waals surface area (Å²) in [6, 6.07) is 21.1. The molecule has 0 bridgehead atoms. The highest BCUT2D eigenvalue weighted by molar-refractivity contribution is 6.18. The molecule has 168 valence electrons. The molecule has 5 heteroatoms. The minimum atomic E-state index is -0.438. The van der Waals surface area contributed by atoms with E-state index in [-0.39, 0.29) is 12.0 Å². The van der Waals surface area contributed by atoms with Gasteiger partial charge >= 0.3 is 0 Å². The second kappa shape index (κ2) is 12.0. The number of benzene rings is 2. The van der Waals surface area contributed by atoms with Crippen LogP contribution in [-0.2, 0) is 17.6 Å². The Morgan fingerprint density at radius 3 is 1.97 bits per heavy atom. The van der Waals surface area contributed by atoms with Crippen LogP contribution in [0.4, 0.5) is 0 Å². The molecule has 2 atom stereocenters. The number of halogens is 2. The molecule has 0 aromatic heterocycles. The minimum Gasteiger partial charge on any atom is -0.375 e. The summed E-state index contributed by atoms with van der Waals surface area (Å²) in [5.41, 5.74) is 2.73. The fourth-order valence-electron chi connectivity index (χ4n) is 5.02. The molecule has 3 rings (SSSR count). The molecule has 1 aliphatic rings. The van der Waals surface area contributed by atoms with Crippen LogP contribution in [0.1, 0.15) is 30.4 Å². The van der Waals surface area contributed by atoms with Crippen molar-refractivity contribution in [1.82, 2.24) is 4.90 Å². The van der Waals surface area contributed by atoms with E-state index in [4.69, 9.17) is 27.9 Å². The van der Waals surface area contributed by atoms with E-state index in [1.807, 2.05) is 12.1 Å². The second-order valence-electron chi connectivity index (χ2n) is 8.51. The lowest BCUT2D eigenvalue weighted by Gasteiger charge is -2.53. The Morgan fingerprint density at radius 1 is 0.935 bits per heavy atom.